The van der Waals surface area contributed by atoms with E-state index in [1.165, 1.54) is 106 Å². The lowest BCUT2D eigenvalue weighted by Crippen LogP contribution is -2.18. The van der Waals surface area contributed by atoms with Gasteiger partial charge in [-0.15, -0.1) is 0 Å². The van der Waals surface area contributed by atoms with Crippen molar-refractivity contribution in [3.63, 3.8) is 0 Å². The number of ether oxygens (including phenoxy) is 1. The van der Waals surface area contributed by atoms with Crippen LogP contribution in [0.3, 0.4) is 0 Å². The van der Waals surface area contributed by atoms with E-state index in [1.807, 2.05) is 0 Å². The molecule has 1 N–H and O–H groups in total. The zero-order chi connectivity index (χ0) is 58.0. The monoisotopic (exact) mass is 1220 g/mol. The van der Waals surface area contributed by atoms with Gasteiger partial charge < -0.3 is 9.84 Å². The van der Waals surface area contributed by atoms with Crippen molar-refractivity contribution in [1.82, 2.24) is 17.9 Å². The fraction of sp³-hybridized carbons (Fsp3) is 0.184. The van der Waals surface area contributed by atoms with Crippen LogP contribution in [0.15, 0.2) is 119 Å². The Morgan fingerprint density at radius 1 is 0.564 bits per heavy atom. The van der Waals surface area contributed by atoms with Crippen molar-refractivity contribution in [2.45, 2.75) is 48.8 Å². The highest BCUT2D eigenvalue weighted by molar-refractivity contribution is 7.90. The molecule has 0 fully saturated rings. The number of hydrogen-bond acceptors (Lipinski definition) is 13. The molecule has 0 saturated carbocycles. The van der Waals surface area contributed by atoms with Crippen LogP contribution in [0.2, 0.25) is 20.1 Å². The van der Waals surface area contributed by atoms with Crippen molar-refractivity contribution in [3.05, 3.63) is 185 Å². The van der Waals surface area contributed by atoms with Crippen LogP contribution in [-0.2, 0) is 68.7 Å². The number of fused-ring (bicyclic) bond motifs is 2. The van der Waals surface area contributed by atoms with E-state index in [0.29, 0.717) is 0 Å². The predicted molar refractivity (Wildman–Crippen MR) is 277 cm³/mol. The van der Waals surface area contributed by atoms with Crippen molar-refractivity contribution in [2.75, 3.05) is 21.3 Å². The SMILES string of the molecule is COC(=O)c1ccc(Cl)c(Cc2cc3c(C)cc(C(F)(F)F)nc3n2S(=O)(=O)c2ccccc2)c1Cl.COS(=O)(=O)OC.Cc1cc(C(F)(F)F)nc2c1cc(Cc1c(Cl)ccc(C(=O)O)c1Cl)n2S(=O)(=O)c1ccccc1. The topological polar surface area (TPSA) is 220 Å². The van der Waals surface area contributed by atoms with E-state index >= 15 is 0 Å². The molecule has 0 aliphatic rings. The van der Waals surface area contributed by atoms with Crippen molar-refractivity contribution < 1.29 is 79.4 Å². The summed E-state index contributed by atoms with van der Waals surface area (Å²) in [5, 5.41) is 9.69. The zero-order valence-electron chi connectivity index (χ0n) is 40.5. The second-order valence-corrected chi connectivity index (χ2v) is 22.8. The number of esters is 1. The molecule has 78 heavy (non-hydrogen) atoms. The number of aryl methyl sites for hydroxylation is 2. The number of pyridine rings is 2. The van der Waals surface area contributed by atoms with Gasteiger partial charge in [-0.3, -0.25) is 8.37 Å². The molecule has 4 aromatic carbocycles. The molecule has 8 rings (SSSR count). The summed E-state index contributed by atoms with van der Waals surface area (Å²) in [5.41, 5.74) is -2.86. The zero-order valence-corrected chi connectivity index (χ0v) is 46.0. The normalized spacial score (nSPS) is 12.2. The summed E-state index contributed by atoms with van der Waals surface area (Å²) in [6, 6.07) is 24.1. The van der Waals surface area contributed by atoms with Gasteiger partial charge in [-0.1, -0.05) is 82.8 Å². The first-order valence-electron chi connectivity index (χ1n) is 21.7. The molecule has 0 radical (unpaired) electrons. The number of alkyl halides is 6. The molecule has 0 atom stereocenters. The van der Waals surface area contributed by atoms with Crippen LogP contribution >= 0.6 is 46.4 Å². The molecule has 0 saturated heterocycles. The molecule has 4 aromatic heterocycles. The Kier molecular flexibility index (Phi) is 18.4. The second-order valence-electron chi connectivity index (χ2n) is 16.2. The first kappa shape index (κ1) is 60.9. The maximum atomic E-state index is 13.7. The molecule has 414 valence electrons. The Bertz CT molecular complexity index is 3970. The molecule has 0 amide bonds. The average molecular weight is 1230 g/mol. The standard InChI is InChI=1S/C24H17Cl2F3N2O4S.C23H15Cl2F3N2O4S.C2H6O4S/c1-13-10-20(24(27,28)29)30-22-17(13)11-14(31(22)36(33,34)15-6-4-3-5-7-15)12-18-19(25)9-8-16(21(18)26)23(32)35-2;1-12-9-19(23(26,27)28)29-21-16(12)10-13(30(21)35(33,34)14-5-3-2-4-6-14)11-17-18(24)8-7-15(20(17)25)22(31)32;1-5-7(3,4)6-2/h3-11H,12H2,1-2H3;2-10H,11H2,1H3,(H,31,32);1-2H3. The number of hydrogen-bond donors (Lipinski definition) is 1. The van der Waals surface area contributed by atoms with Crippen LogP contribution in [-0.4, -0.2) is 81.5 Å². The molecule has 0 spiro atoms. The minimum atomic E-state index is -4.81. The van der Waals surface area contributed by atoms with Gasteiger partial charge in [-0.05, 0) is 109 Å². The van der Waals surface area contributed by atoms with Gasteiger partial charge in [-0.25, -0.2) is 44.3 Å². The Morgan fingerprint density at radius 3 is 1.24 bits per heavy atom. The highest BCUT2D eigenvalue weighted by Gasteiger charge is 2.37. The number of aromatic carboxylic acids is 1. The third-order valence-electron chi connectivity index (χ3n) is 11.3. The number of carboxylic acid groups (broad SMARTS) is 1. The first-order chi connectivity index (χ1) is 36.3. The number of benzene rings is 4. The van der Waals surface area contributed by atoms with Crippen molar-refractivity contribution >= 4 is 111 Å². The molecule has 4 heterocycles. The third-order valence-corrected chi connectivity index (χ3v) is 17.2. The quantitative estimate of drug-likeness (QED) is 0.0888. The largest absolute Gasteiger partial charge is 0.478 e. The van der Waals surface area contributed by atoms with Crippen molar-refractivity contribution in [1.29, 1.82) is 0 Å². The Morgan fingerprint density at radius 2 is 0.923 bits per heavy atom. The lowest BCUT2D eigenvalue weighted by atomic mass is 10.1. The van der Waals surface area contributed by atoms with E-state index in [9.17, 15) is 66.3 Å². The smallest absolute Gasteiger partial charge is 0.433 e. The summed E-state index contributed by atoms with van der Waals surface area (Å²) in [4.78, 5) is 30.6. The van der Waals surface area contributed by atoms with Crippen LogP contribution in [0.4, 0.5) is 26.3 Å². The maximum absolute atomic E-state index is 13.7. The number of methoxy groups -OCH3 is 1. The number of aromatic nitrogens is 4. The summed E-state index contributed by atoms with van der Waals surface area (Å²) in [6.45, 7) is 2.84. The van der Waals surface area contributed by atoms with E-state index in [2.05, 4.69) is 18.3 Å². The van der Waals surface area contributed by atoms with Crippen LogP contribution in [0.5, 0.6) is 0 Å². The summed E-state index contributed by atoms with van der Waals surface area (Å²) in [6.07, 6.45) is -10.1. The summed E-state index contributed by atoms with van der Waals surface area (Å²) in [5.74, 6) is -2.06. The van der Waals surface area contributed by atoms with Crippen molar-refractivity contribution in [3.8, 4) is 0 Å². The Labute approximate surface area is 461 Å². The number of halogens is 10. The summed E-state index contributed by atoms with van der Waals surface area (Å²) in [7, 11) is -9.25. The van der Waals surface area contributed by atoms with Gasteiger partial charge in [0.05, 0.1) is 52.3 Å². The summed E-state index contributed by atoms with van der Waals surface area (Å²) >= 11 is 25.3. The van der Waals surface area contributed by atoms with E-state index in [1.54, 1.807) is 12.1 Å². The highest BCUT2D eigenvalue weighted by atomic mass is 35.5. The van der Waals surface area contributed by atoms with Gasteiger partial charge in [0.2, 0.25) is 0 Å². The first-order valence-corrected chi connectivity index (χ1v) is 27.4. The minimum absolute atomic E-state index is 0.000748. The molecule has 0 unspecified atom stereocenters. The van der Waals surface area contributed by atoms with Crippen LogP contribution in [0.25, 0.3) is 22.1 Å². The van der Waals surface area contributed by atoms with Gasteiger partial charge in [-0.2, -0.15) is 34.8 Å². The fourth-order valence-corrected chi connectivity index (χ4v) is 11.9. The number of carbonyl (C=O) groups is 2. The highest BCUT2D eigenvalue weighted by Crippen LogP contribution is 2.39. The van der Waals surface area contributed by atoms with Gasteiger partial charge >= 0.3 is 34.7 Å². The molecule has 0 bridgehead atoms. The second kappa shape index (κ2) is 23.6. The molecule has 0 aliphatic heterocycles. The number of carboxylic acids is 1. The molecular formula is C49H38Cl4F6N4O12S3. The van der Waals surface area contributed by atoms with E-state index in [-0.39, 0.29) is 98.3 Å². The number of rotatable bonds is 12. The average Bonchev–Trinajstić information content (AvgIpc) is 4.12. The van der Waals surface area contributed by atoms with Gasteiger partial charge in [0.25, 0.3) is 20.0 Å². The van der Waals surface area contributed by atoms with Crippen molar-refractivity contribution in [2.24, 2.45) is 0 Å². The van der Waals surface area contributed by atoms with Crippen LogP contribution in [0.1, 0.15) is 65.7 Å². The molecule has 29 heteroatoms. The minimum Gasteiger partial charge on any atom is -0.478 e. The van der Waals surface area contributed by atoms with E-state index < -0.39 is 77.4 Å². The summed E-state index contributed by atoms with van der Waals surface area (Å²) < 4.78 is 170. The van der Waals surface area contributed by atoms with Crippen LogP contribution in [0, 0.1) is 13.8 Å². The van der Waals surface area contributed by atoms with Crippen LogP contribution < -0.4 is 0 Å². The number of carbonyl (C=O) groups excluding carboxylic acids is 1. The van der Waals surface area contributed by atoms with E-state index in [0.717, 1.165) is 34.3 Å². The van der Waals surface area contributed by atoms with E-state index in [4.69, 9.17) is 51.1 Å². The lowest BCUT2D eigenvalue weighted by Gasteiger charge is -2.15. The lowest BCUT2D eigenvalue weighted by molar-refractivity contribution is -0.141. The van der Waals surface area contributed by atoms with Gasteiger partial charge in [0, 0.05) is 45.0 Å². The Hall–Kier alpha value is -6.29. The maximum Gasteiger partial charge on any atom is 0.433 e. The molecular weight excluding hydrogens is 1190 g/mol. The molecule has 16 nitrogen and oxygen atoms in total. The van der Waals surface area contributed by atoms with Gasteiger partial charge in [0.15, 0.2) is 11.3 Å². The predicted octanol–water partition coefficient (Wildman–Crippen LogP) is 12.0. The molecule has 8 aromatic rings. The van der Waals surface area contributed by atoms with Gasteiger partial charge in [0.1, 0.15) is 11.4 Å². The number of nitrogens with zero attached hydrogens (tertiary/aromatic N) is 4. The third kappa shape index (κ3) is 12.9. The fourth-order valence-electron chi connectivity index (χ4n) is 7.57. The Balaban J connectivity index is 0.000000225. The molecule has 0 aliphatic carbocycles.